The predicted molar refractivity (Wildman–Crippen MR) is 70.9 cm³/mol. The van der Waals surface area contributed by atoms with Gasteiger partial charge >= 0.3 is 0 Å². The Hall–Kier alpha value is -1.42. The van der Waals surface area contributed by atoms with Gasteiger partial charge in [0.2, 0.25) is 0 Å². The van der Waals surface area contributed by atoms with Gasteiger partial charge in [-0.05, 0) is 43.0 Å². The van der Waals surface area contributed by atoms with E-state index in [1.54, 1.807) is 0 Å². The first kappa shape index (κ1) is 13.0. The Balaban J connectivity index is 1.87. The van der Waals surface area contributed by atoms with Crippen LogP contribution in [0.2, 0.25) is 0 Å². The summed E-state index contributed by atoms with van der Waals surface area (Å²) in [5.41, 5.74) is 6.82. The maximum absolute atomic E-state index is 12.8. The highest BCUT2D eigenvalue weighted by Gasteiger charge is 2.43. The fourth-order valence-corrected chi connectivity index (χ4v) is 2.50. The van der Waals surface area contributed by atoms with Crippen molar-refractivity contribution in [3.63, 3.8) is 0 Å². The van der Waals surface area contributed by atoms with Gasteiger partial charge in [-0.15, -0.1) is 0 Å². The van der Waals surface area contributed by atoms with Gasteiger partial charge in [0.25, 0.3) is 0 Å². The molecule has 98 valence electrons. The minimum absolute atomic E-state index is 0.198. The smallest absolute Gasteiger partial charge is 0.123 e. The van der Waals surface area contributed by atoms with Crippen molar-refractivity contribution < 1.29 is 4.39 Å². The zero-order valence-corrected chi connectivity index (χ0v) is 10.7. The van der Waals surface area contributed by atoms with E-state index in [0.29, 0.717) is 6.42 Å². The summed E-state index contributed by atoms with van der Waals surface area (Å²) in [6.45, 7) is 1.75. The fourth-order valence-electron chi connectivity index (χ4n) is 2.50. The number of nitrogens with one attached hydrogen (secondary N) is 1. The second kappa shape index (κ2) is 5.06. The summed E-state index contributed by atoms with van der Waals surface area (Å²) in [5.74, 6) is 0.0827. The normalized spacial score (nSPS) is 16.8. The molecule has 0 spiro atoms. The van der Waals surface area contributed by atoms with Crippen molar-refractivity contribution in [2.24, 2.45) is 11.1 Å². The molecule has 1 aliphatic rings. The van der Waals surface area contributed by atoms with Gasteiger partial charge in [-0.25, -0.2) is 4.39 Å². The van der Waals surface area contributed by atoms with Crippen molar-refractivity contribution >= 4 is 5.84 Å². The number of benzene rings is 1. The highest BCUT2D eigenvalue weighted by molar-refractivity contribution is 5.78. The molecule has 0 bridgehead atoms. The molecule has 0 heterocycles. The van der Waals surface area contributed by atoms with Crippen LogP contribution in [0, 0.1) is 16.6 Å². The van der Waals surface area contributed by atoms with Crippen LogP contribution in [0.15, 0.2) is 24.3 Å². The maximum Gasteiger partial charge on any atom is 0.123 e. The molecule has 0 saturated heterocycles. The molecule has 4 heteroatoms. The molecule has 3 nitrogen and oxygen atoms in total. The standard InChI is InChI=1S/C14H20FN3/c1-18(9-11-2-4-12(15)5-3-11)10-14(6-7-14)8-13(16)17/h2-5H,6-10H2,1H3,(H3,16,17). The Labute approximate surface area is 107 Å². The Morgan fingerprint density at radius 1 is 1.39 bits per heavy atom. The lowest BCUT2D eigenvalue weighted by Gasteiger charge is -2.23. The van der Waals surface area contributed by atoms with Crippen LogP contribution < -0.4 is 5.73 Å². The van der Waals surface area contributed by atoms with Gasteiger partial charge in [0.05, 0.1) is 5.84 Å². The average molecular weight is 249 g/mol. The molecule has 0 amide bonds. The van der Waals surface area contributed by atoms with Gasteiger partial charge in [0.1, 0.15) is 5.82 Å². The third-order valence-electron chi connectivity index (χ3n) is 3.49. The van der Waals surface area contributed by atoms with E-state index in [1.165, 1.54) is 12.1 Å². The number of rotatable bonds is 6. The Bertz CT molecular complexity index is 423. The molecule has 3 N–H and O–H groups in total. The summed E-state index contributed by atoms with van der Waals surface area (Å²) in [7, 11) is 2.06. The Morgan fingerprint density at radius 2 is 2.00 bits per heavy atom. The highest BCUT2D eigenvalue weighted by Crippen LogP contribution is 2.49. The second-order valence-corrected chi connectivity index (χ2v) is 5.50. The quantitative estimate of drug-likeness (QED) is 0.600. The number of nitrogens with two attached hydrogens (primary N) is 1. The van der Waals surface area contributed by atoms with Crippen LogP contribution in [0.5, 0.6) is 0 Å². The molecule has 0 aliphatic heterocycles. The molecule has 0 aromatic heterocycles. The van der Waals surface area contributed by atoms with E-state index in [-0.39, 0.29) is 17.1 Å². The van der Waals surface area contributed by atoms with Gasteiger partial charge in [0, 0.05) is 19.5 Å². The van der Waals surface area contributed by atoms with Crippen LogP contribution in [0.1, 0.15) is 24.8 Å². The number of hydrogen-bond acceptors (Lipinski definition) is 2. The molecule has 2 rings (SSSR count). The van der Waals surface area contributed by atoms with Crippen molar-refractivity contribution in [2.75, 3.05) is 13.6 Å². The minimum atomic E-state index is -0.198. The zero-order chi connectivity index (χ0) is 13.2. The van der Waals surface area contributed by atoms with E-state index in [9.17, 15) is 4.39 Å². The minimum Gasteiger partial charge on any atom is -0.388 e. The number of halogens is 1. The third-order valence-corrected chi connectivity index (χ3v) is 3.49. The molecular formula is C14H20FN3. The monoisotopic (exact) mass is 249 g/mol. The van der Waals surface area contributed by atoms with E-state index < -0.39 is 0 Å². The van der Waals surface area contributed by atoms with Crippen molar-refractivity contribution in [1.82, 2.24) is 4.90 Å². The molecule has 1 fully saturated rings. The lowest BCUT2D eigenvalue weighted by atomic mass is 10.0. The van der Waals surface area contributed by atoms with Gasteiger partial charge in [-0.1, -0.05) is 12.1 Å². The van der Waals surface area contributed by atoms with Crippen LogP contribution in [-0.4, -0.2) is 24.3 Å². The molecule has 1 aromatic rings. The van der Waals surface area contributed by atoms with Crippen LogP contribution in [0.4, 0.5) is 4.39 Å². The summed E-state index contributed by atoms with van der Waals surface area (Å²) in [4.78, 5) is 2.23. The third kappa shape index (κ3) is 3.53. The van der Waals surface area contributed by atoms with Crippen LogP contribution in [0.25, 0.3) is 0 Å². The summed E-state index contributed by atoms with van der Waals surface area (Å²) < 4.78 is 12.8. The first-order valence-electron chi connectivity index (χ1n) is 6.25. The van der Waals surface area contributed by atoms with E-state index in [0.717, 1.165) is 31.5 Å². The maximum atomic E-state index is 12.8. The number of hydrogen-bond donors (Lipinski definition) is 2. The summed E-state index contributed by atoms with van der Waals surface area (Å²) >= 11 is 0. The van der Waals surface area contributed by atoms with Crippen molar-refractivity contribution in [3.05, 3.63) is 35.6 Å². The molecule has 1 aromatic carbocycles. The van der Waals surface area contributed by atoms with Gasteiger partial charge in [0.15, 0.2) is 0 Å². The average Bonchev–Trinajstić information content (AvgIpc) is 3.00. The topological polar surface area (TPSA) is 53.1 Å². The number of nitrogens with zero attached hydrogens (tertiary/aromatic N) is 1. The Morgan fingerprint density at radius 3 is 2.50 bits per heavy atom. The molecular weight excluding hydrogens is 229 g/mol. The highest BCUT2D eigenvalue weighted by atomic mass is 19.1. The molecule has 0 unspecified atom stereocenters. The van der Waals surface area contributed by atoms with Gasteiger partial charge in [-0.2, -0.15) is 0 Å². The fraction of sp³-hybridized carbons (Fsp3) is 0.500. The molecule has 1 aliphatic carbocycles. The Kier molecular flexibility index (Phi) is 3.66. The lowest BCUT2D eigenvalue weighted by Crippen LogP contribution is -2.29. The van der Waals surface area contributed by atoms with E-state index in [1.807, 2.05) is 12.1 Å². The van der Waals surface area contributed by atoms with Crippen molar-refractivity contribution in [3.8, 4) is 0 Å². The van der Waals surface area contributed by atoms with E-state index >= 15 is 0 Å². The van der Waals surface area contributed by atoms with Gasteiger partial charge in [-0.3, -0.25) is 5.41 Å². The molecule has 0 radical (unpaired) electrons. The first-order valence-corrected chi connectivity index (χ1v) is 6.25. The summed E-state index contributed by atoms with van der Waals surface area (Å²) in [6, 6.07) is 6.62. The predicted octanol–water partition coefficient (Wildman–Crippen LogP) is 2.36. The molecule has 18 heavy (non-hydrogen) atoms. The first-order chi connectivity index (χ1) is 8.49. The van der Waals surface area contributed by atoms with Crippen molar-refractivity contribution in [1.29, 1.82) is 5.41 Å². The van der Waals surface area contributed by atoms with Crippen molar-refractivity contribution in [2.45, 2.75) is 25.8 Å². The van der Waals surface area contributed by atoms with Crippen LogP contribution in [0.3, 0.4) is 0 Å². The van der Waals surface area contributed by atoms with Crippen LogP contribution in [-0.2, 0) is 6.54 Å². The zero-order valence-electron chi connectivity index (χ0n) is 10.7. The van der Waals surface area contributed by atoms with E-state index in [4.69, 9.17) is 11.1 Å². The van der Waals surface area contributed by atoms with Gasteiger partial charge < -0.3 is 10.6 Å². The van der Waals surface area contributed by atoms with E-state index in [2.05, 4.69) is 11.9 Å². The SMILES string of the molecule is CN(Cc1ccc(F)cc1)CC1(CC(=N)N)CC1. The van der Waals surface area contributed by atoms with Crippen LogP contribution >= 0.6 is 0 Å². The summed E-state index contributed by atoms with van der Waals surface area (Å²) in [6.07, 6.45) is 3.00. The second-order valence-electron chi connectivity index (χ2n) is 5.50. The largest absolute Gasteiger partial charge is 0.388 e. The number of amidine groups is 1. The molecule has 1 saturated carbocycles. The molecule has 0 atom stereocenters. The lowest BCUT2D eigenvalue weighted by molar-refractivity contribution is 0.259. The summed E-state index contributed by atoms with van der Waals surface area (Å²) in [5, 5.41) is 7.40.